The first-order valence-corrected chi connectivity index (χ1v) is 8.92. The van der Waals surface area contributed by atoms with E-state index in [2.05, 4.69) is 15.6 Å². The number of nitrogens with zero attached hydrogens (tertiary/aromatic N) is 1. The van der Waals surface area contributed by atoms with Gasteiger partial charge in [-0.15, -0.1) is 0 Å². The van der Waals surface area contributed by atoms with Crippen LogP contribution >= 0.6 is 0 Å². The number of nitrogens with one attached hydrogen (secondary N) is 2. The van der Waals surface area contributed by atoms with Crippen molar-refractivity contribution in [2.75, 3.05) is 6.61 Å². The van der Waals surface area contributed by atoms with Gasteiger partial charge >= 0.3 is 12.0 Å². The van der Waals surface area contributed by atoms with Gasteiger partial charge in [0.15, 0.2) is 6.61 Å². The predicted octanol–water partition coefficient (Wildman–Crippen LogP) is 2.82. The molecule has 0 saturated heterocycles. The fraction of sp³-hybridized carbons (Fsp3) is 0.0909. The molecule has 2 N–H and O–H groups in total. The molecule has 3 aromatic rings. The predicted molar refractivity (Wildman–Crippen MR) is 109 cm³/mol. The maximum Gasteiger partial charge on any atom is 0.331 e. The Morgan fingerprint density at radius 2 is 1.69 bits per heavy atom. The lowest BCUT2D eigenvalue weighted by atomic mass is 10.2. The molecule has 7 heteroatoms. The molecule has 0 aliphatic rings. The van der Waals surface area contributed by atoms with E-state index in [1.807, 2.05) is 60.7 Å². The minimum absolute atomic E-state index is 0.279. The third kappa shape index (κ3) is 6.28. The molecule has 146 valence electrons. The van der Waals surface area contributed by atoms with Crippen LogP contribution in [-0.2, 0) is 20.9 Å². The van der Waals surface area contributed by atoms with Gasteiger partial charge in [-0.3, -0.25) is 10.1 Å². The van der Waals surface area contributed by atoms with E-state index >= 15 is 0 Å². The maximum atomic E-state index is 11.8. The summed E-state index contributed by atoms with van der Waals surface area (Å²) in [4.78, 5) is 39.6. The summed E-state index contributed by atoms with van der Waals surface area (Å²) >= 11 is 0. The van der Waals surface area contributed by atoms with Crippen molar-refractivity contribution in [1.29, 1.82) is 0 Å². The van der Waals surface area contributed by atoms with Gasteiger partial charge in [0.25, 0.3) is 5.91 Å². The first-order valence-electron chi connectivity index (χ1n) is 8.92. The smallest absolute Gasteiger partial charge is 0.331 e. The molecule has 0 atom stereocenters. The van der Waals surface area contributed by atoms with Crippen LogP contribution in [0, 0.1) is 0 Å². The topological polar surface area (TPSA) is 97.4 Å². The molecule has 29 heavy (non-hydrogen) atoms. The summed E-state index contributed by atoms with van der Waals surface area (Å²) in [5.41, 5.74) is 2.29. The minimum Gasteiger partial charge on any atom is -0.452 e. The highest BCUT2D eigenvalue weighted by atomic mass is 16.5. The molecule has 0 fully saturated rings. The number of para-hydroxylation sites is 1. The van der Waals surface area contributed by atoms with Gasteiger partial charge < -0.3 is 10.1 Å². The molecule has 1 aromatic heterocycles. The molecule has 0 unspecified atom stereocenters. The van der Waals surface area contributed by atoms with Crippen LogP contribution in [0.1, 0.15) is 11.3 Å². The average Bonchev–Trinajstić information content (AvgIpc) is 2.75. The maximum absolute atomic E-state index is 11.8. The third-order valence-electron chi connectivity index (χ3n) is 3.90. The molecular weight excluding hydrogens is 370 g/mol. The van der Waals surface area contributed by atoms with E-state index < -0.39 is 24.5 Å². The number of aromatic nitrogens is 1. The zero-order chi connectivity index (χ0) is 20.5. The van der Waals surface area contributed by atoms with Crippen molar-refractivity contribution in [3.63, 3.8) is 0 Å². The second kappa shape index (κ2) is 9.80. The van der Waals surface area contributed by atoms with Crippen molar-refractivity contribution < 1.29 is 19.1 Å². The van der Waals surface area contributed by atoms with Crippen molar-refractivity contribution in [3.05, 3.63) is 84.1 Å². The number of pyridine rings is 1. The molecule has 7 nitrogen and oxygen atoms in total. The zero-order valence-electron chi connectivity index (χ0n) is 15.5. The van der Waals surface area contributed by atoms with E-state index in [9.17, 15) is 14.4 Å². The van der Waals surface area contributed by atoms with Crippen molar-refractivity contribution in [1.82, 2.24) is 15.6 Å². The Hall–Kier alpha value is -4.00. The second-order valence-corrected chi connectivity index (χ2v) is 6.09. The van der Waals surface area contributed by atoms with E-state index in [1.54, 1.807) is 6.07 Å². The standard InChI is InChI=1S/C22H19N3O4/c26-20(25-22(28)23-14-16-6-2-1-3-7-16)15-29-21(27)13-12-18-11-10-17-8-4-5-9-19(17)24-18/h1-13H,14-15H2,(H2,23,25,26,28)/b13-12+. The Balaban J connectivity index is 1.41. The number of ether oxygens (including phenoxy) is 1. The normalized spacial score (nSPS) is 10.6. The number of esters is 1. The monoisotopic (exact) mass is 389 g/mol. The number of benzene rings is 2. The highest BCUT2D eigenvalue weighted by molar-refractivity contribution is 5.96. The molecule has 0 aliphatic heterocycles. The first-order chi connectivity index (χ1) is 14.1. The minimum atomic E-state index is -0.721. The van der Waals surface area contributed by atoms with Gasteiger partial charge in [-0.25, -0.2) is 14.6 Å². The number of hydrogen-bond donors (Lipinski definition) is 2. The Bertz CT molecular complexity index is 1050. The number of carbonyl (C=O) groups excluding carboxylic acids is 3. The third-order valence-corrected chi connectivity index (χ3v) is 3.90. The van der Waals surface area contributed by atoms with Gasteiger partial charge in [0.1, 0.15) is 0 Å². The van der Waals surface area contributed by atoms with Gasteiger partial charge in [0.2, 0.25) is 0 Å². The van der Waals surface area contributed by atoms with Crippen LogP contribution in [0.15, 0.2) is 72.8 Å². The molecular formula is C22H19N3O4. The van der Waals surface area contributed by atoms with Crippen molar-refractivity contribution in [3.8, 4) is 0 Å². The number of urea groups is 1. The van der Waals surface area contributed by atoms with Crippen molar-refractivity contribution >= 4 is 34.9 Å². The Labute approximate surface area is 167 Å². The summed E-state index contributed by atoms with van der Waals surface area (Å²) < 4.78 is 4.83. The van der Waals surface area contributed by atoms with Crippen LogP contribution in [0.5, 0.6) is 0 Å². The van der Waals surface area contributed by atoms with E-state index in [-0.39, 0.29) is 6.54 Å². The Kier molecular flexibility index (Phi) is 6.67. The van der Waals surface area contributed by atoms with Gasteiger partial charge in [-0.2, -0.15) is 0 Å². The number of amides is 3. The fourth-order valence-corrected chi connectivity index (χ4v) is 2.50. The molecule has 2 aromatic carbocycles. The lowest BCUT2D eigenvalue weighted by molar-refractivity contribution is -0.143. The Morgan fingerprint density at radius 1 is 0.931 bits per heavy atom. The summed E-state index contributed by atoms with van der Waals surface area (Å²) in [5.74, 6) is -1.43. The second-order valence-electron chi connectivity index (χ2n) is 6.09. The van der Waals surface area contributed by atoms with E-state index in [4.69, 9.17) is 4.74 Å². The van der Waals surface area contributed by atoms with Crippen LogP contribution in [0.25, 0.3) is 17.0 Å². The number of imide groups is 1. The van der Waals surface area contributed by atoms with Crippen molar-refractivity contribution in [2.24, 2.45) is 0 Å². The zero-order valence-corrected chi connectivity index (χ0v) is 15.5. The van der Waals surface area contributed by atoms with Crippen LogP contribution < -0.4 is 10.6 Å². The summed E-state index contributed by atoms with van der Waals surface area (Å²) in [7, 11) is 0. The van der Waals surface area contributed by atoms with Crippen LogP contribution in [-0.4, -0.2) is 29.5 Å². The SMILES string of the molecule is O=C(COC(=O)/C=C/c1ccc2ccccc2n1)NC(=O)NCc1ccccc1. The molecule has 0 saturated carbocycles. The summed E-state index contributed by atoms with van der Waals surface area (Å²) in [6.07, 6.45) is 2.68. The molecule has 0 spiro atoms. The molecule has 0 aliphatic carbocycles. The summed E-state index contributed by atoms with van der Waals surface area (Å²) in [6.45, 7) is -0.283. The van der Waals surface area contributed by atoms with Gasteiger partial charge in [-0.1, -0.05) is 54.6 Å². The number of hydrogen-bond acceptors (Lipinski definition) is 5. The molecule has 0 radical (unpaired) electrons. The van der Waals surface area contributed by atoms with Gasteiger partial charge in [0.05, 0.1) is 11.2 Å². The van der Waals surface area contributed by atoms with Crippen LogP contribution in [0.3, 0.4) is 0 Å². The fourth-order valence-electron chi connectivity index (χ4n) is 2.50. The number of fused-ring (bicyclic) bond motifs is 1. The molecule has 3 rings (SSSR count). The van der Waals surface area contributed by atoms with Gasteiger partial charge in [0, 0.05) is 18.0 Å². The molecule has 3 amide bonds. The summed E-state index contributed by atoms with van der Waals surface area (Å²) in [6, 6.07) is 19.9. The van der Waals surface area contributed by atoms with E-state index in [0.29, 0.717) is 5.69 Å². The largest absolute Gasteiger partial charge is 0.452 e. The number of rotatable bonds is 6. The van der Waals surface area contributed by atoms with Gasteiger partial charge in [-0.05, 0) is 23.8 Å². The molecule has 1 heterocycles. The molecule has 0 bridgehead atoms. The highest BCUT2D eigenvalue weighted by Gasteiger charge is 2.09. The Morgan fingerprint density at radius 3 is 2.52 bits per heavy atom. The van der Waals surface area contributed by atoms with Crippen LogP contribution in [0.4, 0.5) is 4.79 Å². The lowest BCUT2D eigenvalue weighted by Gasteiger charge is -2.07. The van der Waals surface area contributed by atoms with E-state index in [0.717, 1.165) is 16.5 Å². The summed E-state index contributed by atoms with van der Waals surface area (Å²) in [5, 5.41) is 5.64. The number of carbonyl (C=O) groups is 3. The average molecular weight is 389 g/mol. The van der Waals surface area contributed by atoms with E-state index in [1.165, 1.54) is 12.2 Å². The lowest BCUT2D eigenvalue weighted by Crippen LogP contribution is -2.41. The highest BCUT2D eigenvalue weighted by Crippen LogP contribution is 2.12. The van der Waals surface area contributed by atoms with Crippen molar-refractivity contribution in [2.45, 2.75) is 6.54 Å². The first kappa shape index (κ1) is 19.8. The van der Waals surface area contributed by atoms with Crippen LogP contribution in [0.2, 0.25) is 0 Å². The quantitative estimate of drug-likeness (QED) is 0.499.